The van der Waals surface area contributed by atoms with Crippen LogP contribution in [0, 0.1) is 5.92 Å². The molecule has 2 N–H and O–H groups in total. The summed E-state index contributed by atoms with van der Waals surface area (Å²) in [6.07, 6.45) is 0.575. The van der Waals surface area contributed by atoms with Gasteiger partial charge in [-0.25, -0.2) is 0 Å². The Morgan fingerprint density at radius 1 is 1.45 bits per heavy atom. The molecule has 0 spiro atoms. The number of hydrogen-bond donors (Lipinski definition) is 2. The maximum absolute atomic E-state index is 12.5. The van der Waals surface area contributed by atoms with Crippen LogP contribution in [0.15, 0.2) is 30.3 Å². The van der Waals surface area contributed by atoms with E-state index in [2.05, 4.69) is 17.6 Å². The van der Waals surface area contributed by atoms with E-state index in [4.69, 9.17) is 4.74 Å². The predicted octanol–water partition coefficient (Wildman–Crippen LogP) is 1.88. The average molecular weight is 276 g/mol. The lowest BCUT2D eigenvalue weighted by atomic mass is 9.94. The highest BCUT2D eigenvalue weighted by molar-refractivity contribution is 5.82. The number of amides is 1. The third-order valence-corrected chi connectivity index (χ3v) is 3.83. The minimum atomic E-state index is -0.518. The Labute approximate surface area is 120 Å². The summed E-state index contributed by atoms with van der Waals surface area (Å²) < 4.78 is 5.63. The number of nitrogens with one attached hydrogen (secondary N) is 2. The predicted molar refractivity (Wildman–Crippen MR) is 79.4 cm³/mol. The van der Waals surface area contributed by atoms with Gasteiger partial charge in [-0.3, -0.25) is 4.79 Å². The molecule has 1 aromatic rings. The molecular weight excluding hydrogens is 252 g/mol. The Balaban J connectivity index is 2.03. The standard InChI is InChI=1S/C16H24N2O2/c1-3-20-15(13-7-5-4-6-8-13)16(19)18-14-11-17-10-9-12(14)2/h4-8,12,14-15,17H,3,9-11H2,1-2H3,(H,18,19). The highest BCUT2D eigenvalue weighted by Crippen LogP contribution is 2.19. The van der Waals surface area contributed by atoms with Gasteiger partial charge in [-0.05, 0) is 31.4 Å². The Hall–Kier alpha value is -1.39. The smallest absolute Gasteiger partial charge is 0.254 e. The fraction of sp³-hybridized carbons (Fsp3) is 0.562. The zero-order valence-electron chi connectivity index (χ0n) is 12.3. The molecule has 1 heterocycles. The normalized spacial score (nSPS) is 24.1. The number of rotatable bonds is 5. The Morgan fingerprint density at radius 2 is 2.20 bits per heavy atom. The first-order chi connectivity index (χ1) is 9.72. The molecule has 0 aromatic heterocycles. The first kappa shape index (κ1) is 15.0. The third-order valence-electron chi connectivity index (χ3n) is 3.83. The van der Waals surface area contributed by atoms with E-state index in [0.717, 1.165) is 25.1 Å². The van der Waals surface area contributed by atoms with Crippen LogP contribution in [-0.4, -0.2) is 31.6 Å². The van der Waals surface area contributed by atoms with E-state index in [9.17, 15) is 4.79 Å². The molecule has 2 rings (SSSR count). The van der Waals surface area contributed by atoms with E-state index < -0.39 is 6.10 Å². The van der Waals surface area contributed by atoms with Gasteiger partial charge in [0.1, 0.15) is 0 Å². The van der Waals surface area contributed by atoms with Gasteiger partial charge < -0.3 is 15.4 Å². The summed E-state index contributed by atoms with van der Waals surface area (Å²) in [5, 5.41) is 6.45. The number of benzene rings is 1. The van der Waals surface area contributed by atoms with Gasteiger partial charge in [0, 0.05) is 19.2 Å². The van der Waals surface area contributed by atoms with Crippen molar-refractivity contribution in [2.24, 2.45) is 5.92 Å². The maximum Gasteiger partial charge on any atom is 0.254 e. The van der Waals surface area contributed by atoms with E-state index in [1.165, 1.54) is 0 Å². The van der Waals surface area contributed by atoms with Crippen LogP contribution in [0.1, 0.15) is 31.9 Å². The van der Waals surface area contributed by atoms with E-state index in [1.807, 2.05) is 37.3 Å². The zero-order valence-corrected chi connectivity index (χ0v) is 12.3. The second kappa shape index (κ2) is 7.41. The van der Waals surface area contributed by atoms with Crippen LogP contribution in [-0.2, 0) is 9.53 Å². The fourth-order valence-corrected chi connectivity index (χ4v) is 2.56. The molecule has 1 saturated heterocycles. The number of hydrogen-bond acceptors (Lipinski definition) is 3. The fourth-order valence-electron chi connectivity index (χ4n) is 2.56. The summed E-state index contributed by atoms with van der Waals surface area (Å²) >= 11 is 0. The van der Waals surface area contributed by atoms with E-state index in [-0.39, 0.29) is 11.9 Å². The van der Waals surface area contributed by atoms with Crippen LogP contribution in [0.3, 0.4) is 0 Å². The SMILES string of the molecule is CCOC(C(=O)NC1CNCCC1C)c1ccccc1. The molecule has 3 atom stereocenters. The van der Waals surface area contributed by atoms with Crippen molar-refractivity contribution >= 4 is 5.91 Å². The summed E-state index contributed by atoms with van der Waals surface area (Å²) in [6.45, 7) is 6.48. The molecule has 4 heteroatoms. The minimum Gasteiger partial charge on any atom is -0.364 e. The van der Waals surface area contributed by atoms with Crippen LogP contribution >= 0.6 is 0 Å². The van der Waals surface area contributed by atoms with Gasteiger partial charge in [-0.2, -0.15) is 0 Å². The molecule has 0 aliphatic carbocycles. The van der Waals surface area contributed by atoms with Crippen LogP contribution in [0.4, 0.5) is 0 Å². The highest BCUT2D eigenvalue weighted by Gasteiger charge is 2.27. The quantitative estimate of drug-likeness (QED) is 0.863. The summed E-state index contributed by atoms with van der Waals surface area (Å²) in [5.74, 6) is 0.455. The Bertz CT molecular complexity index is 422. The second-order valence-electron chi connectivity index (χ2n) is 5.33. The number of ether oxygens (including phenoxy) is 1. The molecule has 1 fully saturated rings. The van der Waals surface area contributed by atoms with Crippen LogP contribution in [0.5, 0.6) is 0 Å². The van der Waals surface area contributed by atoms with E-state index in [0.29, 0.717) is 12.5 Å². The van der Waals surface area contributed by atoms with Gasteiger partial charge in [0.15, 0.2) is 6.10 Å². The second-order valence-corrected chi connectivity index (χ2v) is 5.33. The van der Waals surface area contributed by atoms with Crippen molar-refractivity contribution in [3.05, 3.63) is 35.9 Å². The van der Waals surface area contributed by atoms with Gasteiger partial charge >= 0.3 is 0 Å². The van der Waals surface area contributed by atoms with Crippen molar-refractivity contribution in [2.45, 2.75) is 32.4 Å². The third kappa shape index (κ3) is 3.81. The average Bonchev–Trinajstić information content (AvgIpc) is 2.48. The van der Waals surface area contributed by atoms with Crippen molar-refractivity contribution in [1.29, 1.82) is 0 Å². The van der Waals surface area contributed by atoms with Crippen molar-refractivity contribution in [3.8, 4) is 0 Å². The molecule has 4 nitrogen and oxygen atoms in total. The van der Waals surface area contributed by atoms with E-state index in [1.54, 1.807) is 0 Å². The molecule has 110 valence electrons. The lowest BCUT2D eigenvalue weighted by Crippen LogP contribution is -2.51. The molecule has 0 saturated carbocycles. The molecule has 0 radical (unpaired) electrons. The topological polar surface area (TPSA) is 50.4 Å². The summed E-state index contributed by atoms with van der Waals surface area (Å²) in [5.41, 5.74) is 0.906. The van der Waals surface area contributed by atoms with Crippen molar-refractivity contribution in [3.63, 3.8) is 0 Å². The first-order valence-electron chi connectivity index (χ1n) is 7.40. The largest absolute Gasteiger partial charge is 0.364 e. The molecule has 3 unspecified atom stereocenters. The van der Waals surface area contributed by atoms with E-state index >= 15 is 0 Å². The monoisotopic (exact) mass is 276 g/mol. The van der Waals surface area contributed by atoms with Gasteiger partial charge in [0.2, 0.25) is 0 Å². The minimum absolute atomic E-state index is 0.0430. The first-order valence-corrected chi connectivity index (χ1v) is 7.40. The molecule has 20 heavy (non-hydrogen) atoms. The maximum atomic E-state index is 12.5. The summed E-state index contributed by atoms with van der Waals surface area (Å²) in [4.78, 5) is 12.5. The summed E-state index contributed by atoms with van der Waals surface area (Å²) in [6, 6.07) is 9.85. The molecule has 1 aromatic carbocycles. The van der Waals surface area contributed by atoms with Crippen molar-refractivity contribution in [2.75, 3.05) is 19.7 Å². The van der Waals surface area contributed by atoms with Crippen molar-refractivity contribution in [1.82, 2.24) is 10.6 Å². The molecule has 1 amide bonds. The van der Waals surface area contributed by atoms with Crippen LogP contribution in [0.25, 0.3) is 0 Å². The van der Waals surface area contributed by atoms with Crippen molar-refractivity contribution < 1.29 is 9.53 Å². The number of carbonyl (C=O) groups excluding carboxylic acids is 1. The lowest BCUT2D eigenvalue weighted by molar-refractivity contribution is -0.134. The van der Waals surface area contributed by atoms with Gasteiger partial charge in [0.25, 0.3) is 5.91 Å². The highest BCUT2D eigenvalue weighted by atomic mass is 16.5. The summed E-state index contributed by atoms with van der Waals surface area (Å²) in [7, 11) is 0. The van der Waals surface area contributed by atoms with Crippen LogP contribution < -0.4 is 10.6 Å². The molecule has 0 bridgehead atoms. The van der Waals surface area contributed by atoms with Gasteiger partial charge in [-0.1, -0.05) is 37.3 Å². The zero-order chi connectivity index (χ0) is 14.4. The Kier molecular flexibility index (Phi) is 5.56. The lowest BCUT2D eigenvalue weighted by Gasteiger charge is -2.31. The molecule has 1 aliphatic heterocycles. The molecule has 1 aliphatic rings. The number of carbonyl (C=O) groups is 1. The van der Waals surface area contributed by atoms with Crippen LogP contribution in [0.2, 0.25) is 0 Å². The van der Waals surface area contributed by atoms with Gasteiger partial charge in [0.05, 0.1) is 0 Å². The molecular formula is C16H24N2O2. The Morgan fingerprint density at radius 3 is 2.85 bits per heavy atom. The van der Waals surface area contributed by atoms with Gasteiger partial charge in [-0.15, -0.1) is 0 Å². The number of piperidine rings is 1.